The molecule has 9 heavy (non-hydrogen) atoms. The third-order valence-corrected chi connectivity index (χ3v) is 1.45. The van der Waals surface area contributed by atoms with E-state index >= 15 is 0 Å². The second-order valence-corrected chi connectivity index (χ2v) is 2.20. The average molecular weight is 127 g/mol. The van der Waals surface area contributed by atoms with Gasteiger partial charge < -0.3 is 10.0 Å². The minimum absolute atomic E-state index is 0.543. The molecule has 0 aromatic heterocycles. The quantitative estimate of drug-likeness (QED) is 0.472. The fraction of sp³-hybridized carbons (Fsp3) is 0.800. The summed E-state index contributed by atoms with van der Waals surface area (Å²) in [6.07, 6.45) is 2.87. The van der Waals surface area contributed by atoms with E-state index in [2.05, 4.69) is 4.99 Å². The molecule has 0 radical (unpaired) electrons. The third kappa shape index (κ3) is 1.80. The Morgan fingerprint density at radius 1 is 1.33 bits per heavy atom. The molecular weight excluding hydrogens is 117 g/mol. The van der Waals surface area contributed by atoms with Crippen LogP contribution in [-0.2, 0) is 0 Å². The molecule has 0 saturated heterocycles. The summed E-state index contributed by atoms with van der Waals surface area (Å²) in [7, 11) is -1.31. The summed E-state index contributed by atoms with van der Waals surface area (Å²) in [4.78, 5) is 3.95. The van der Waals surface area contributed by atoms with Crippen LogP contribution >= 0.6 is 0 Å². The fourth-order valence-electron chi connectivity index (χ4n) is 0.930. The molecule has 50 valence electrons. The number of nitrogens with zero attached hydrogens (tertiary/aromatic N) is 1. The SMILES string of the molecule is OB(O)C1=NCCCC1. The first-order valence-corrected chi connectivity index (χ1v) is 3.20. The van der Waals surface area contributed by atoms with E-state index in [1.165, 1.54) is 0 Å². The highest BCUT2D eigenvalue weighted by molar-refractivity contribution is 6.80. The van der Waals surface area contributed by atoms with Crippen molar-refractivity contribution in [3.63, 3.8) is 0 Å². The van der Waals surface area contributed by atoms with Gasteiger partial charge in [0.15, 0.2) is 0 Å². The Morgan fingerprint density at radius 2 is 2.11 bits per heavy atom. The van der Waals surface area contributed by atoms with E-state index < -0.39 is 7.12 Å². The van der Waals surface area contributed by atoms with Crippen LogP contribution < -0.4 is 0 Å². The van der Waals surface area contributed by atoms with Gasteiger partial charge in [-0.15, -0.1) is 0 Å². The number of hydrogen-bond acceptors (Lipinski definition) is 3. The molecule has 0 aliphatic carbocycles. The standard InChI is InChI=1S/C5H10BNO2/c8-6(9)5-3-1-2-4-7-5/h8-9H,1-4H2. The summed E-state index contributed by atoms with van der Waals surface area (Å²) < 4.78 is 0. The van der Waals surface area contributed by atoms with E-state index in [0.717, 1.165) is 25.8 Å². The molecule has 0 fully saturated rings. The van der Waals surface area contributed by atoms with Crippen molar-refractivity contribution < 1.29 is 10.0 Å². The summed E-state index contributed by atoms with van der Waals surface area (Å²) in [5.74, 6) is 0. The van der Waals surface area contributed by atoms with Gasteiger partial charge in [-0.2, -0.15) is 0 Å². The fourth-order valence-corrected chi connectivity index (χ4v) is 0.930. The topological polar surface area (TPSA) is 52.8 Å². The van der Waals surface area contributed by atoms with E-state index in [-0.39, 0.29) is 0 Å². The number of rotatable bonds is 1. The van der Waals surface area contributed by atoms with Crippen molar-refractivity contribution >= 4 is 12.7 Å². The van der Waals surface area contributed by atoms with E-state index in [1.807, 2.05) is 0 Å². The first kappa shape index (κ1) is 6.77. The first-order chi connectivity index (χ1) is 4.30. The van der Waals surface area contributed by atoms with Crippen molar-refractivity contribution in [1.82, 2.24) is 0 Å². The second-order valence-electron chi connectivity index (χ2n) is 2.20. The molecule has 0 bridgehead atoms. The van der Waals surface area contributed by atoms with Crippen LogP contribution in [0.15, 0.2) is 4.99 Å². The number of aliphatic imine (C=N–C) groups is 1. The summed E-state index contributed by atoms with van der Waals surface area (Å²) >= 11 is 0. The average Bonchev–Trinajstić information content (AvgIpc) is 1.90. The minimum Gasteiger partial charge on any atom is -0.422 e. The Kier molecular flexibility index (Phi) is 2.25. The highest BCUT2D eigenvalue weighted by Crippen LogP contribution is 2.05. The molecule has 2 N–H and O–H groups in total. The Morgan fingerprint density at radius 3 is 2.44 bits per heavy atom. The molecule has 0 amide bonds. The summed E-state index contributed by atoms with van der Waals surface area (Å²) in [5, 5.41) is 17.2. The zero-order valence-corrected chi connectivity index (χ0v) is 5.25. The molecule has 4 heteroatoms. The van der Waals surface area contributed by atoms with Gasteiger partial charge in [0.05, 0.1) is 0 Å². The normalized spacial score (nSPS) is 19.1. The van der Waals surface area contributed by atoms with Gasteiger partial charge in [-0.05, 0) is 19.3 Å². The van der Waals surface area contributed by atoms with Crippen molar-refractivity contribution in [2.45, 2.75) is 19.3 Å². The zero-order chi connectivity index (χ0) is 6.69. The van der Waals surface area contributed by atoms with Crippen LogP contribution in [-0.4, -0.2) is 29.3 Å². The van der Waals surface area contributed by atoms with Crippen LogP contribution in [0.4, 0.5) is 0 Å². The number of hydrogen-bond donors (Lipinski definition) is 2. The van der Waals surface area contributed by atoms with Crippen LogP contribution in [0, 0.1) is 0 Å². The maximum Gasteiger partial charge on any atom is 0.503 e. The lowest BCUT2D eigenvalue weighted by molar-refractivity contribution is 0.427. The molecule has 0 atom stereocenters. The van der Waals surface area contributed by atoms with Crippen molar-refractivity contribution in [3.05, 3.63) is 0 Å². The molecule has 1 aliphatic heterocycles. The van der Waals surface area contributed by atoms with E-state index in [0.29, 0.717) is 5.61 Å². The smallest absolute Gasteiger partial charge is 0.422 e. The van der Waals surface area contributed by atoms with E-state index in [9.17, 15) is 0 Å². The molecule has 3 nitrogen and oxygen atoms in total. The predicted molar refractivity (Wildman–Crippen MR) is 36.3 cm³/mol. The van der Waals surface area contributed by atoms with Crippen molar-refractivity contribution in [1.29, 1.82) is 0 Å². The molecule has 1 rings (SSSR count). The summed E-state index contributed by atoms with van der Waals surface area (Å²) in [5.41, 5.74) is 0.543. The van der Waals surface area contributed by atoms with Gasteiger partial charge in [0, 0.05) is 12.2 Å². The largest absolute Gasteiger partial charge is 0.503 e. The monoisotopic (exact) mass is 127 g/mol. The summed E-state index contributed by atoms with van der Waals surface area (Å²) in [6.45, 7) is 0.757. The van der Waals surface area contributed by atoms with Gasteiger partial charge in [-0.25, -0.2) is 0 Å². The lowest BCUT2D eigenvalue weighted by atomic mass is 9.79. The van der Waals surface area contributed by atoms with Crippen LogP contribution in [0.2, 0.25) is 0 Å². The van der Waals surface area contributed by atoms with Gasteiger partial charge in [-0.3, -0.25) is 4.99 Å². The van der Waals surface area contributed by atoms with Crippen molar-refractivity contribution in [2.75, 3.05) is 6.54 Å². The molecule has 0 unspecified atom stereocenters. The maximum absolute atomic E-state index is 8.60. The molecule has 1 aliphatic rings. The van der Waals surface area contributed by atoms with Gasteiger partial charge in [-0.1, -0.05) is 0 Å². The van der Waals surface area contributed by atoms with Crippen LogP contribution in [0.1, 0.15) is 19.3 Å². The molecule has 0 aromatic carbocycles. The van der Waals surface area contributed by atoms with Crippen molar-refractivity contribution in [3.8, 4) is 0 Å². The lowest BCUT2D eigenvalue weighted by Crippen LogP contribution is -2.27. The molecular formula is C5H10BNO2. The molecule has 0 spiro atoms. The van der Waals surface area contributed by atoms with Gasteiger partial charge >= 0.3 is 7.12 Å². The van der Waals surface area contributed by atoms with Gasteiger partial charge in [0.25, 0.3) is 0 Å². The minimum atomic E-state index is -1.31. The Bertz CT molecular complexity index is 124. The first-order valence-electron chi connectivity index (χ1n) is 3.20. The lowest BCUT2D eigenvalue weighted by Gasteiger charge is -2.09. The Labute approximate surface area is 54.6 Å². The Hall–Kier alpha value is -0.345. The predicted octanol–water partition coefficient (Wildman–Crippen LogP) is -0.377. The van der Waals surface area contributed by atoms with Crippen molar-refractivity contribution in [2.24, 2.45) is 4.99 Å². The highest BCUT2D eigenvalue weighted by atomic mass is 16.4. The zero-order valence-electron chi connectivity index (χ0n) is 5.25. The van der Waals surface area contributed by atoms with E-state index in [1.54, 1.807) is 0 Å². The Balaban J connectivity index is 2.46. The van der Waals surface area contributed by atoms with Gasteiger partial charge in [0.2, 0.25) is 0 Å². The van der Waals surface area contributed by atoms with Gasteiger partial charge in [0.1, 0.15) is 0 Å². The third-order valence-electron chi connectivity index (χ3n) is 1.45. The van der Waals surface area contributed by atoms with E-state index in [4.69, 9.17) is 10.0 Å². The highest BCUT2D eigenvalue weighted by Gasteiger charge is 2.17. The van der Waals surface area contributed by atoms with Crippen LogP contribution in [0.25, 0.3) is 0 Å². The second kappa shape index (κ2) is 2.99. The molecule has 1 heterocycles. The maximum atomic E-state index is 8.60. The van der Waals surface area contributed by atoms with Crippen LogP contribution in [0.3, 0.4) is 0 Å². The molecule has 0 aromatic rings. The summed E-state index contributed by atoms with van der Waals surface area (Å²) in [6, 6.07) is 0. The molecule has 0 saturated carbocycles. The van der Waals surface area contributed by atoms with Crippen LogP contribution in [0.5, 0.6) is 0 Å².